The summed E-state index contributed by atoms with van der Waals surface area (Å²) in [6.45, 7) is 4.18. The molecule has 0 spiro atoms. The second-order valence-electron chi connectivity index (χ2n) is 7.18. The third-order valence-corrected chi connectivity index (χ3v) is 4.63. The molecule has 0 atom stereocenters. The monoisotopic (exact) mass is 503 g/mol. The van der Waals surface area contributed by atoms with E-state index >= 15 is 0 Å². The standard InChI is InChI=1S/C20H24ClN3O3.C2HF3O2/c1-4-24(12-11-23(2)3)18-10-9-16(13-17(18)20(26)27)22-19(25)14-5-7-15(21)8-6-14;3-2(4,5)1(6)7/h5-10,13H,4,11-12H2,1-3H3,(H,22,25)(H,26,27);(H,6,7). The van der Waals surface area contributed by atoms with Crippen LogP contribution in [0, 0.1) is 0 Å². The zero-order chi connectivity index (χ0) is 26.1. The highest BCUT2D eigenvalue weighted by Gasteiger charge is 2.38. The van der Waals surface area contributed by atoms with Gasteiger partial charge in [0.15, 0.2) is 0 Å². The molecule has 0 aliphatic rings. The minimum atomic E-state index is -5.08. The molecule has 3 N–H and O–H groups in total. The van der Waals surface area contributed by atoms with Crippen molar-refractivity contribution in [3.05, 3.63) is 58.6 Å². The van der Waals surface area contributed by atoms with Gasteiger partial charge in [-0.25, -0.2) is 9.59 Å². The summed E-state index contributed by atoms with van der Waals surface area (Å²) in [6.07, 6.45) is -5.08. The lowest BCUT2D eigenvalue weighted by molar-refractivity contribution is -0.192. The summed E-state index contributed by atoms with van der Waals surface area (Å²) in [5, 5.41) is 20.0. The molecule has 0 fully saturated rings. The molecular weight excluding hydrogens is 479 g/mol. The number of carboxylic acid groups (broad SMARTS) is 2. The molecule has 0 aliphatic carbocycles. The quantitative estimate of drug-likeness (QED) is 0.492. The fraction of sp³-hybridized carbons (Fsp3) is 0.318. The second-order valence-corrected chi connectivity index (χ2v) is 7.62. The molecule has 8 nitrogen and oxygen atoms in total. The Morgan fingerprint density at radius 2 is 1.56 bits per heavy atom. The summed E-state index contributed by atoms with van der Waals surface area (Å²) >= 11 is 5.83. The average Bonchev–Trinajstić information content (AvgIpc) is 2.74. The van der Waals surface area contributed by atoms with Gasteiger partial charge in [0.25, 0.3) is 5.91 Å². The molecule has 0 saturated carbocycles. The molecule has 1 amide bonds. The average molecular weight is 504 g/mol. The van der Waals surface area contributed by atoms with Gasteiger partial charge in [-0.2, -0.15) is 13.2 Å². The van der Waals surface area contributed by atoms with Crippen molar-refractivity contribution in [1.29, 1.82) is 0 Å². The molecule has 34 heavy (non-hydrogen) atoms. The largest absolute Gasteiger partial charge is 0.490 e. The van der Waals surface area contributed by atoms with Gasteiger partial charge < -0.3 is 25.3 Å². The molecule has 2 rings (SSSR count). The van der Waals surface area contributed by atoms with Crippen molar-refractivity contribution in [3.63, 3.8) is 0 Å². The van der Waals surface area contributed by atoms with Crippen molar-refractivity contribution >= 4 is 40.8 Å². The lowest BCUT2D eigenvalue weighted by Gasteiger charge is -2.26. The molecule has 0 unspecified atom stereocenters. The van der Waals surface area contributed by atoms with Crippen molar-refractivity contribution in [2.24, 2.45) is 0 Å². The van der Waals surface area contributed by atoms with E-state index in [1.165, 1.54) is 6.07 Å². The van der Waals surface area contributed by atoms with Crippen LogP contribution in [0.3, 0.4) is 0 Å². The third kappa shape index (κ3) is 9.28. The Hall–Kier alpha value is -3.31. The summed E-state index contributed by atoms with van der Waals surface area (Å²) in [7, 11) is 3.95. The van der Waals surface area contributed by atoms with Crippen LogP contribution in [0.2, 0.25) is 5.02 Å². The van der Waals surface area contributed by atoms with E-state index < -0.39 is 18.1 Å². The second kappa shape index (κ2) is 12.8. The summed E-state index contributed by atoms with van der Waals surface area (Å²) < 4.78 is 31.7. The first-order valence-corrected chi connectivity index (χ1v) is 10.3. The number of amides is 1. The molecule has 0 aromatic heterocycles. The lowest BCUT2D eigenvalue weighted by atomic mass is 10.1. The zero-order valence-corrected chi connectivity index (χ0v) is 19.4. The number of halogens is 4. The minimum absolute atomic E-state index is 0.157. The van der Waals surface area contributed by atoms with E-state index in [0.717, 1.165) is 6.54 Å². The van der Waals surface area contributed by atoms with Gasteiger partial charge in [-0.15, -0.1) is 0 Å². The van der Waals surface area contributed by atoms with E-state index in [0.29, 0.717) is 35.1 Å². The predicted octanol–water partition coefficient (Wildman–Crippen LogP) is 4.31. The Kier molecular flexibility index (Phi) is 10.8. The minimum Gasteiger partial charge on any atom is -0.478 e. The van der Waals surface area contributed by atoms with Crippen molar-refractivity contribution < 1.29 is 37.8 Å². The number of carboxylic acids is 2. The SMILES string of the molecule is CCN(CCN(C)C)c1ccc(NC(=O)c2ccc(Cl)cc2)cc1C(=O)O.O=C(O)C(F)(F)F. The van der Waals surface area contributed by atoms with Crippen LogP contribution in [-0.2, 0) is 4.79 Å². The number of anilines is 2. The number of aliphatic carboxylic acids is 1. The Bertz CT molecular complexity index is 998. The highest BCUT2D eigenvalue weighted by molar-refractivity contribution is 6.30. The Morgan fingerprint density at radius 1 is 1.00 bits per heavy atom. The maximum atomic E-state index is 12.3. The van der Waals surface area contributed by atoms with Crippen LogP contribution in [0.5, 0.6) is 0 Å². The number of carbonyl (C=O) groups is 3. The fourth-order valence-corrected chi connectivity index (χ4v) is 2.76. The topological polar surface area (TPSA) is 110 Å². The number of carbonyl (C=O) groups excluding carboxylic acids is 1. The first-order chi connectivity index (χ1) is 15.8. The summed E-state index contributed by atoms with van der Waals surface area (Å²) in [4.78, 5) is 37.1. The number of aromatic carboxylic acids is 1. The van der Waals surface area contributed by atoms with Crippen LogP contribution < -0.4 is 10.2 Å². The highest BCUT2D eigenvalue weighted by atomic mass is 35.5. The zero-order valence-electron chi connectivity index (χ0n) is 18.7. The van der Waals surface area contributed by atoms with E-state index in [4.69, 9.17) is 21.5 Å². The van der Waals surface area contributed by atoms with Crippen molar-refractivity contribution in [2.45, 2.75) is 13.1 Å². The van der Waals surface area contributed by atoms with E-state index in [9.17, 15) is 27.9 Å². The molecule has 12 heteroatoms. The van der Waals surface area contributed by atoms with E-state index in [-0.39, 0.29) is 11.5 Å². The number of hydrogen-bond acceptors (Lipinski definition) is 5. The molecular formula is C22H25ClF3N3O5. The fourth-order valence-electron chi connectivity index (χ4n) is 2.63. The molecule has 0 saturated heterocycles. The smallest absolute Gasteiger partial charge is 0.478 e. The van der Waals surface area contributed by atoms with E-state index in [1.54, 1.807) is 36.4 Å². The molecule has 186 valence electrons. The van der Waals surface area contributed by atoms with Gasteiger partial charge in [0, 0.05) is 35.9 Å². The number of hydrogen-bond donors (Lipinski definition) is 3. The number of nitrogens with zero attached hydrogens (tertiary/aromatic N) is 2. The first kappa shape index (κ1) is 28.7. The van der Waals surface area contributed by atoms with Crippen molar-refractivity contribution in [2.75, 3.05) is 43.9 Å². The number of rotatable bonds is 8. The number of likely N-dealkylation sites (N-methyl/N-ethyl adjacent to an activating group) is 2. The molecule has 2 aromatic rings. The van der Waals surface area contributed by atoms with Gasteiger partial charge in [0.2, 0.25) is 0 Å². The van der Waals surface area contributed by atoms with Crippen molar-refractivity contribution in [1.82, 2.24) is 4.90 Å². The maximum Gasteiger partial charge on any atom is 0.490 e. The Morgan fingerprint density at radius 3 is 2.00 bits per heavy atom. The van der Waals surface area contributed by atoms with Gasteiger partial charge in [-0.05, 0) is 63.5 Å². The van der Waals surface area contributed by atoms with Crippen LogP contribution in [0.25, 0.3) is 0 Å². The molecule has 0 radical (unpaired) electrons. The van der Waals surface area contributed by atoms with Crippen LogP contribution in [-0.4, -0.2) is 72.9 Å². The maximum absolute atomic E-state index is 12.3. The summed E-state index contributed by atoms with van der Waals surface area (Å²) in [5.41, 5.74) is 1.67. The van der Waals surface area contributed by atoms with Gasteiger partial charge in [0.05, 0.1) is 11.3 Å². The summed E-state index contributed by atoms with van der Waals surface area (Å²) in [5.74, 6) is -4.11. The lowest BCUT2D eigenvalue weighted by Crippen LogP contribution is -2.32. The van der Waals surface area contributed by atoms with Gasteiger partial charge >= 0.3 is 18.1 Å². The highest BCUT2D eigenvalue weighted by Crippen LogP contribution is 2.25. The first-order valence-electron chi connectivity index (χ1n) is 9.90. The molecule has 0 aliphatic heterocycles. The third-order valence-electron chi connectivity index (χ3n) is 4.37. The predicted molar refractivity (Wildman–Crippen MR) is 123 cm³/mol. The van der Waals surface area contributed by atoms with Crippen LogP contribution in [0.4, 0.5) is 24.5 Å². The van der Waals surface area contributed by atoms with Crippen molar-refractivity contribution in [3.8, 4) is 0 Å². The number of nitrogens with one attached hydrogen (secondary N) is 1. The van der Waals surface area contributed by atoms with Crippen LogP contribution >= 0.6 is 11.6 Å². The normalized spacial score (nSPS) is 10.8. The van der Waals surface area contributed by atoms with Crippen LogP contribution in [0.1, 0.15) is 27.6 Å². The van der Waals surface area contributed by atoms with E-state index in [2.05, 4.69) is 5.32 Å². The molecule has 0 heterocycles. The summed E-state index contributed by atoms with van der Waals surface area (Å²) in [6, 6.07) is 11.4. The van der Waals surface area contributed by atoms with E-state index in [1.807, 2.05) is 30.8 Å². The number of benzene rings is 2. The Balaban J connectivity index is 0.000000718. The Labute approximate surface area is 199 Å². The molecule has 2 aromatic carbocycles. The number of alkyl halides is 3. The van der Waals surface area contributed by atoms with Gasteiger partial charge in [-0.3, -0.25) is 4.79 Å². The van der Waals surface area contributed by atoms with Gasteiger partial charge in [-0.1, -0.05) is 11.6 Å². The van der Waals surface area contributed by atoms with Crippen LogP contribution in [0.15, 0.2) is 42.5 Å². The van der Waals surface area contributed by atoms with Gasteiger partial charge in [0.1, 0.15) is 0 Å². The molecule has 0 bridgehead atoms.